The summed E-state index contributed by atoms with van der Waals surface area (Å²) in [7, 11) is 0. The number of nitrogens with zero attached hydrogens (tertiary/aromatic N) is 1. The molecule has 0 spiro atoms. The van der Waals surface area contributed by atoms with Gasteiger partial charge in [0.1, 0.15) is 0 Å². The van der Waals surface area contributed by atoms with Crippen molar-refractivity contribution in [1.29, 1.82) is 0 Å². The molecule has 0 bridgehead atoms. The fourth-order valence-corrected chi connectivity index (χ4v) is 2.18. The maximum atomic E-state index is 4.49. The molecular weight excluding hydrogens is 146 g/mol. The summed E-state index contributed by atoms with van der Waals surface area (Å²) in [5.41, 5.74) is 0. The van der Waals surface area contributed by atoms with Crippen molar-refractivity contribution < 1.29 is 0 Å². The summed E-state index contributed by atoms with van der Waals surface area (Å²) in [6.45, 7) is 0. The van der Waals surface area contributed by atoms with Crippen molar-refractivity contribution in [2.45, 2.75) is 38.1 Å². The van der Waals surface area contributed by atoms with Crippen LogP contribution in [-0.2, 0) is 0 Å². The van der Waals surface area contributed by atoms with Crippen molar-refractivity contribution in [2.75, 3.05) is 0 Å². The lowest BCUT2D eigenvalue weighted by molar-refractivity contribution is 0.311. The van der Waals surface area contributed by atoms with Crippen LogP contribution in [0.3, 0.4) is 0 Å². The molecule has 0 saturated heterocycles. The zero-order chi connectivity index (χ0) is 8.23. The lowest BCUT2D eigenvalue weighted by Gasteiger charge is -2.27. The Kier molecular flexibility index (Phi) is 2.50. The summed E-state index contributed by atoms with van der Waals surface area (Å²) >= 11 is 0. The Morgan fingerprint density at radius 1 is 1.00 bits per heavy atom. The molecule has 1 fully saturated rings. The van der Waals surface area contributed by atoms with Crippen molar-refractivity contribution in [2.24, 2.45) is 5.92 Å². The summed E-state index contributed by atoms with van der Waals surface area (Å²) in [5, 5.41) is 4.49. The third kappa shape index (κ3) is 1.71. The predicted octanol–water partition coefficient (Wildman–Crippen LogP) is 2.62. The molecule has 0 aromatic carbocycles. The normalized spacial score (nSPS) is 30.2. The summed E-state index contributed by atoms with van der Waals surface area (Å²) in [6.07, 6.45) is 15.4. The van der Waals surface area contributed by atoms with Gasteiger partial charge in [-0.1, -0.05) is 31.4 Å². The zero-order valence-electron chi connectivity index (χ0n) is 7.45. The highest BCUT2D eigenvalue weighted by Crippen LogP contribution is 2.28. The molecule has 1 aliphatic carbocycles. The topological polar surface area (TPSA) is 14.1 Å². The van der Waals surface area contributed by atoms with Gasteiger partial charge in [0.2, 0.25) is 0 Å². The minimum absolute atomic E-state index is 0.496. The van der Waals surface area contributed by atoms with Crippen LogP contribution in [0.15, 0.2) is 24.4 Å². The average molecular weight is 162 g/mol. The van der Waals surface area contributed by atoms with E-state index in [-0.39, 0.29) is 0 Å². The molecule has 65 valence electrons. The molecule has 2 rings (SSSR count). The molecule has 1 nitrogen and oxygen atoms in total. The smallest absolute Gasteiger partial charge is 0.0711 e. The molecule has 1 atom stereocenters. The fraction of sp³-hybridized carbons (Fsp3) is 0.636. The standard InChI is InChI=1S/C11H16N/c1-2-6-10(7-3-1)11-8-4-5-9-12-11/h4-5,8-11H,1-3,6-7H2. The highest BCUT2D eigenvalue weighted by Gasteiger charge is 2.21. The van der Waals surface area contributed by atoms with Gasteiger partial charge in [0.25, 0.3) is 0 Å². The molecule has 1 heteroatoms. The summed E-state index contributed by atoms with van der Waals surface area (Å²) in [4.78, 5) is 0. The van der Waals surface area contributed by atoms with Crippen molar-refractivity contribution in [1.82, 2.24) is 5.32 Å². The Morgan fingerprint density at radius 2 is 1.83 bits per heavy atom. The quantitative estimate of drug-likeness (QED) is 0.562. The maximum absolute atomic E-state index is 4.49. The predicted molar refractivity (Wildman–Crippen MR) is 50.8 cm³/mol. The van der Waals surface area contributed by atoms with E-state index in [9.17, 15) is 0 Å². The number of allylic oxidation sites excluding steroid dienone is 2. The minimum atomic E-state index is 0.496. The molecule has 0 N–H and O–H groups in total. The first-order valence-electron chi connectivity index (χ1n) is 5.00. The Morgan fingerprint density at radius 3 is 2.50 bits per heavy atom. The maximum Gasteiger partial charge on any atom is 0.0711 e. The van der Waals surface area contributed by atoms with E-state index < -0.39 is 0 Å². The van der Waals surface area contributed by atoms with Crippen molar-refractivity contribution in [3.05, 3.63) is 24.4 Å². The second-order valence-electron chi connectivity index (χ2n) is 3.76. The van der Waals surface area contributed by atoms with E-state index in [4.69, 9.17) is 0 Å². The van der Waals surface area contributed by atoms with Crippen LogP contribution in [0.2, 0.25) is 0 Å². The van der Waals surface area contributed by atoms with Crippen LogP contribution in [0, 0.1) is 5.92 Å². The van der Waals surface area contributed by atoms with Crippen LogP contribution < -0.4 is 5.32 Å². The lowest BCUT2D eigenvalue weighted by atomic mass is 9.83. The van der Waals surface area contributed by atoms with Gasteiger partial charge in [-0.15, -0.1) is 0 Å². The van der Waals surface area contributed by atoms with Gasteiger partial charge in [-0.05, 0) is 24.8 Å². The van der Waals surface area contributed by atoms with E-state index in [0.717, 1.165) is 5.92 Å². The molecule has 0 aromatic rings. The highest BCUT2D eigenvalue weighted by atomic mass is 14.9. The Hall–Kier alpha value is -0.720. The second kappa shape index (κ2) is 3.79. The van der Waals surface area contributed by atoms with Crippen molar-refractivity contribution >= 4 is 0 Å². The van der Waals surface area contributed by atoms with Gasteiger partial charge in [0, 0.05) is 6.20 Å². The fourth-order valence-electron chi connectivity index (χ4n) is 2.18. The van der Waals surface area contributed by atoms with Gasteiger partial charge in [-0.2, -0.15) is 0 Å². The van der Waals surface area contributed by atoms with E-state index in [0.29, 0.717) is 6.04 Å². The first-order chi connectivity index (χ1) is 5.97. The van der Waals surface area contributed by atoms with Crippen LogP contribution in [-0.4, -0.2) is 6.04 Å². The van der Waals surface area contributed by atoms with E-state index >= 15 is 0 Å². The van der Waals surface area contributed by atoms with Crippen LogP contribution in [0.1, 0.15) is 32.1 Å². The first-order valence-corrected chi connectivity index (χ1v) is 5.00. The number of hydrogen-bond acceptors (Lipinski definition) is 0. The van der Waals surface area contributed by atoms with Gasteiger partial charge >= 0.3 is 0 Å². The van der Waals surface area contributed by atoms with Crippen LogP contribution in [0.4, 0.5) is 0 Å². The van der Waals surface area contributed by atoms with Gasteiger partial charge in [-0.3, -0.25) is 5.32 Å². The summed E-state index contributed by atoms with van der Waals surface area (Å²) in [6, 6.07) is 0.496. The molecular formula is C11H16N. The largest absolute Gasteiger partial charge is 0.285 e. The molecule has 2 aliphatic rings. The van der Waals surface area contributed by atoms with Crippen LogP contribution in [0.5, 0.6) is 0 Å². The lowest BCUT2D eigenvalue weighted by Crippen LogP contribution is -2.28. The third-order valence-corrected chi connectivity index (χ3v) is 2.90. The van der Waals surface area contributed by atoms with Gasteiger partial charge < -0.3 is 0 Å². The summed E-state index contributed by atoms with van der Waals surface area (Å²) in [5.74, 6) is 0.833. The van der Waals surface area contributed by atoms with E-state index in [1.165, 1.54) is 32.1 Å². The highest BCUT2D eigenvalue weighted by molar-refractivity contribution is 5.13. The van der Waals surface area contributed by atoms with Crippen molar-refractivity contribution in [3.63, 3.8) is 0 Å². The first kappa shape index (κ1) is 7.90. The monoisotopic (exact) mass is 162 g/mol. The molecule has 0 aromatic heterocycles. The van der Waals surface area contributed by atoms with Gasteiger partial charge in [-0.25, -0.2) is 0 Å². The van der Waals surface area contributed by atoms with Crippen LogP contribution >= 0.6 is 0 Å². The SMILES string of the molecule is C1=C[N]C(C2CCCCC2)C=C1. The molecule has 1 heterocycles. The third-order valence-electron chi connectivity index (χ3n) is 2.90. The molecule has 1 radical (unpaired) electrons. The summed E-state index contributed by atoms with van der Waals surface area (Å²) < 4.78 is 0. The van der Waals surface area contributed by atoms with Crippen molar-refractivity contribution in [3.8, 4) is 0 Å². The Labute approximate surface area is 74.5 Å². The number of rotatable bonds is 1. The zero-order valence-corrected chi connectivity index (χ0v) is 7.45. The molecule has 12 heavy (non-hydrogen) atoms. The van der Waals surface area contributed by atoms with Gasteiger partial charge in [0.05, 0.1) is 6.04 Å². The minimum Gasteiger partial charge on any atom is -0.285 e. The van der Waals surface area contributed by atoms with Crippen LogP contribution in [0.25, 0.3) is 0 Å². The molecule has 1 aliphatic heterocycles. The molecule has 0 amide bonds. The Bertz CT molecular complexity index is 187. The molecule has 1 unspecified atom stereocenters. The van der Waals surface area contributed by atoms with E-state index in [2.05, 4.69) is 17.5 Å². The Balaban J connectivity index is 1.90. The average Bonchev–Trinajstić information content (AvgIpc) is 2.21. The number of hydrogen-bond donors (Lipinski definition) is 0. The van der Waals surface area contributed by atoms with E-state index in [1.54, 1.807) is 0 Å². The van der Waals surface area contributed by atoms with E-state index in [1.807, 2.05) is 12.3 Å². The molecule has 1 saturated carbocycles. The second-order valence-corrected chi connectivity index (χ2v) is 3.76. The van der Waals surface area contributed by atoms with Gasteiger partial charge in [0.15, 0.2) is 0 Å².